The minimum absolute atomic E-state index is 0.120. The summed E-state index contributed by atoms with van der Waals surface area (Å²) in [6, 6.07) is 5.36. The van der Waals surface area contributed by atoms with Gasteiger partial charge in [-0.2, -0.15) is 0 Å². The summed E-state index contributed by atoms with van der Waals surface area (Å²) in [7, 11) is 0. The first kappa shape index (κ1) is 19.2. The molecule has 0 heterocycles. The smallest absolute Gasteiger partial charge is 0.308 e. The fourth-order valence-electron chi connectivity index (χ4n) is 1.91. The van der Waals surface area contributed by atoms with Gasteiger partial charge in [0.1, 0.15) is 30.3 Å². The zero-order valence-corrected chi connectivity index (χ0v) is 12.7. The van der Waals surface area contributed by atoms with Crippen LogP contribution in [0.15, 0.2) is 24.3 Å². The lowest BCUT2D eigenvalue weighted by atomic mass is 10.0. The van der Waals surface area contributed by atoms with Gasteiger partial charge in [-0.3, -0.25) is 4.79 Å². The summed E-state index contributed by atoms with van der Waals surface area (Å²) in [4.78, 5) is 21.9. The molecule has 0 bridgehead atoms. The normalized spacial score (nSPS) is 16.2. The van der Waals surface area contributed by atoms with Gasteiger partial charge in [-0.25, -0.2) is 0 Å². The highest BCUT2D eigenvalue weighted by Gasteiger charge is 2.32. The third kappa shape index (κ3) is 5.70. The van der Waals surface area contributed by atoms with Crippen LogP contribution < -0.4 is 10.5 Å². The van der Waals surface area contributed by atoms with Gasteiger partial charge in [0.05, 0.1) is 19.3 Å². The van der Waals surface area contributed by atoms with E-state index in [1.54, 1.807) is 24.3 Å². The van der Waals surface area contributed by atoms with Gasteiger partial charge in [0, 0.05) is 12.5 Å². The molecule has 8 heteroatoms. The molecule has 0 aliphatic carbocycles. The number of ether oxygens (including phenoxy) is 2. The number of carbonyl (C=O) groups excluding carboxylic acids is 2. The van der Waals surface area contributed by atoms with Crippen molar-refractivity contribution >= 4 is 12.3 Å². The van der Waals surface area contributed by atoms with E-state index in [1.165, 1.54) is 6.92 Å². The monoisotopic (exact) mass is 327 g/mol. The number of aliphatic hydroxyl groups excluding tert-OH is 3. The van der Waals surface area contributed by atoms with E-state index in [4.69, 9.17) is 20.3 Å². The molecule has 0 aromatic heterocycles. The highest BCUT2D eigenvalue weighted by Crippen LogP contribution is 2.21. The van der Waals surface area contributed by atoms with E-state index in [2.05, 4.69) is 0 Å². The van der Waals surface area contributed by atoms with Crippen molar-refractivity contribution in [1.29, 1.82) is 0 Å². The van der Waals surface area contributed by atoms with Gasteiger partial charge in [-0.1, -0.05) is 18.2 Å². The van der Waals surface area contributed by atoms with E-state index < -0.39 is 36.9 Å². The van der Waals surface area contributed by atoms with E-state index in [9.17, 15) is 19.8 Å². The van der Waals surface area contributed by atoms with Gasteiger partial charge >= 0.3 is 5.97 Å². The number of hydrogen-bond donors (Lipinski definition) is 4. The molecule has 0 saturated carbocycles. The predicted molar refractivity (Wildman–Crippen MR) is 79.5 cm³/mol. The first-order valence-electron chi connectivity index (χ1n) is 6.96. The Morgan fingerprint density at radius 3 is 2.57 bits per heavy atom. The summed E-state index contributed by atoms with van der Waals surface area (Å²) in [5, 5.41) is 28.3. The molecule has 8 nitrogen and oxygen atoms in total. The summed E-state index contributed by atoms with van der Waals surface area (Å²) in [6.07, 6.45) is -3.92. The third-order valence-corrected chi connectivity index (χ3v) is 3.11. The van der Waals surface area contributed by atoms with Crippen LogP contribution in [-0.2, 0) is 20.9 Å². The lowest BCUT2D eigenvalue weighted by Crippen LogP contribution is -2.51. The molecule has 0 radical (unpaired) electrons. The molecule has 1 rings (SSSR count). The number of benzene rings is 1. The van der Waals surface area contributed by atoms with Crippen molar-refractivity contribution in [1.82, 2.24) is 0 Å². The number of rotatable bonds is 9. The van der Waals surface area contributed by atoms with Crippen molar-refractivity contribution in [2.45, 2.75) is 37.9 Å². The number of aliphatic hydroxyl groups is 3. The summed E-state index contributed by atoms with van der Waals surface area (Å²) in [6.45, 7) is 0.422. The Kier molecular flexibility index (Phi) is 7.79. The van der Waals surface area contributed by atoms with Gasteiger partial charge in [0.25, 0.3) is 0 Å². The quantitative estimate of drug-likeness (QED) is 0.250. The van der Waals surface area contributed by atoms with Crippen LogP contribution in [0.4, 0.5) is 0 Å². The van der Waals surface area contributed by atoms with Crippen LogP contribution in [0.5, 0.6) is 5.75 Å². The summed E-state index contributed by atoms with van der Waals surface area (Å²) >= 11 is 0. The topological polar surface area (TPSA) is 139 Å². The maximum atomic E-state index is 11.1. The second kappa shape index (κ2) is 9.33. The zero-order chi connectivity index (χ0) is 17.4. The Bertz CT molecular complexity index is 522. The van der Waals surface area contributed by atoms with E-state index in [0.717, 1.165) is 0 Å². The molecule has 0 fully saturated rings. The molecule has 0 spiro atoms. The van der Waals surface area contributed by atoms with E-state index in [1.807, 2.05) is 0 Å². The average Bonchev–Trinajstić information content (AvgIpc) is 2.54. The maximum absolute atomic E-state index is 11.1. The lowest BCUT2D eigenvalue weighted by Gasteiger charge is -2.28. The average molecular weight is 327 g/mol. The highest BCUT2D eigenvalue weighted by molar-refractivity contribution is 5.69. The molecule has 0 saturated heterocycles. The Hall–Kier alpha value is -1.84. The molecule has 5 N–H and O–H groups in total. The third-order valence-electron chi connectivity index (χ3n) is 3.11. The Morgan fingerprint density at radius 2 is 2.00 bits per heavy atom. The Balaban J connectivity index is 2.86. The molecular weight excluding hydrogens is 306 g/mol. The molecule has 1 aromatic carbocycles. The van der Waals surface area contributed by atoms with Crippen LogP contribution >= 0.6 is 0 Å². The van der Waals surface area contributed by atoms with Crippen molar-refractivity contribution in [2.75, 3.05) is 6.61 Å². The minimum Gasteiger partial charge on any atom is -0.426 e. The summed E-state index contributed by atoms with van der Waals surface area (Å²) in [5.74, 6) is -0.232. The summed E-state index contributed by atoms with van der Waals surface area (Å²) < 4.78 is 10.4. The van der Waals surface area contributed by atoms with Gasteiger partial charge in [0.15, 0.2) is 0 Å². The van der Waals surface area contributed by atoms with Crippen LogP contribution in [0.1, 0.15) is 12.5 Å². The highest BCUT2D eigenvalue weighted by atomic mass is 16.5. The standard InChI is InChI=1S/C15H21NO7/c1-9(19)23-13-5-3-2-4-10(13)8-22-15(11(16)6-17)14(21)12(20)7-18/h2-6,11-12,14-15,18,20-21H,7-8,16H2,1H3/t11-,12+,14+,15+/m0/s1. The van der Waals surface area contributed by atoms with Crippen LogP contribution in [0, 0.1) is 0 Å². The number of nitrogens with two attached hydrogens (primary N) is 1. The minimum atomic E-state index is -1.55. The first-order valence-corrected chi connectivity index (χ1v) is 6.96. The molecule has 1 aromatic rings. The molecule has 0 amide bonds. The van der Waals surface area contributed by atoms with Gasteiger partial charge in [-0.15, -0.1) is 0 Å². The van der Waals surface area contributed by atoms with Crippen LogP contribution in [-0.4, -0.2) is 58.5 Å². The number of esters is 1. The molecule has 23 heavy (non-hydrogen) atoms. The van der Waals surface area contributed by atoms with Crippen LogP contribution in [0.2, 0.25) is 0 Å². The van der Waals surface area contributed by atoms with Crippen molar-refractivity contribution < 1.29 is 34.4 Å². The van der Waals surface area contributed by atoms with E-state index in [-0.39, 0.29) is 12.4 Å². The van der Waals surface area contributed by atoms with E-state index >= 15 is 0 Å². The van der Waals surface area contributed by atoms with Crippen LogP contribution in [0.3, 0.4) is 0 Å². The SMILES string of the molecule is CC(=O)Oc1ccccc1CO[C@@H]([C@H](O)[C@H](O)CO)[C@@H](N)C=O. The Labute approximate surface area is 133 Å². The lowest BCUT2D eigenvalue weighted by molar-refractivity contribution is -0.132. The fraction of sp³-hybridized carbons (Fsp3) is 0.467. The van der Waals surface area contributed by atoms with Gasteiger partial charge in [-0.05, 0) is 6.07 Å². The molecule has 0 aliphatic rings. The molecule has 4 atom stereocenters. The van der Waals surface area contributed by atoms with Gasteiger partial charge in [0.2, 0.25) is 0 Å². The summed E-state index contributed by atoms with van der Waals surface area (Å²) in [5.41, 5.74) is 6.06. The van der Waals surface area contributed by atoms with Gasteiger partial charge < -0.3 is 35.3 Å². The Morgan fingerprint density at radius 1 is 1.35 bits per heavy atom. The van der Waals surface area contributed by atoms with E-state index in [0.29, 0.717) is 11.8 Å². The molecule has 0 aliphatic heterocycles. The van der Waals surface area contributed by atoms with Crippen molar-refractivity contribution in [2.24, 2.45) is 5.73 Å². The van der Waals surface area contributed by atoms with Crippen molar-refractivity contribution in [3.8, 4) is 5.75 Å². The molecule has 0 unspecified atom stereocenters. The number of hydrogen-bond acceptors (Lipinski definition) is 8. The largest absolute Gasteiger partial charge is 0.426 e. The number of para-hydroxylation sites is 1. The van der Waals surface area contributed by atoms with Crippen molar-refractivity contribution in [3.63, 3.8) is 0 Å². The maximum Gasteiger partial charge on any atom is 0.308 e. The number of carbonyl (C=O) groups is 2. The first-order chi connectivity index (χ1) is 10.9. The second-order valence-corrected chi connectivity index (χ2v) is 4.93. The molecule has 128 valence electrons. The number of aldehydes is 1. The fourth-order valence-corrected chi connectivity index (χ4v) is 1.91. The van der Waals surface area contributed by atoms with Crippen LogP contribution in [0.25, 0.3) is 0 Å². The van der Waals surface area contributed by atoms with Crippen molar-refractivity contribution in [3.05, 3.63) is 29.8 Å². The second-order valence-electron chi connectivity index (χ2n) is 4.93. The predicted octanol–water partition coefficient (Wildman–Crippen LogP) is -1.26. The molecular formula is C15H21NO7. The zero-order valence-electron chi connectivity index (χ0n) is 12.7.